The first-order chi connectivity index (χ1) is 9.35. The van der Waals surface area contributed by atoms with E-state index in [1.54, 1.807) is 0 Å². The predicted molar refractivity (Wildman–Crippen MR) is 92.5 cm³/mol. The van der Waals surface area contributed by atoms with Crippen LogP contribution in [0.4, 0.5) is 0 Å². The van der Waals surface area contributed by atoms with Gasteiger partial charge in [-0.1, -0.05) is 47.6 Å². The Balaban J connectivity index is 3.26. The topological polar surface area (TPSA) is 21.3 Å². The largest absolute Gasteiger partial charge is 0.487 e. The number of ether oxygens (including phenoxy) is 1. The van der Waals surface area contributed by atoms with Gasteiger partial charge in [-0.25, -0.2) is 0 Å². The number of hydrogen-bond donors (Lipinski definition) is 1. The van der Waals surface area contributed by atoms with E-state index in [9.17, 15) is 0 Å². The Morgan fingerprint density at radius 2 is 1.24 bits per heavy atom. The molecule has 1 aromatic rings. The molecule has 0 heterocycles. The minimum Gasteiger partial charge on any atom is -0.487 e. The first kappa shape index (κ1) is 18.0. The molecule has 2 nitrogen and oxygen atoms in total. The average Bonchev–Trinajstić information content (AvgIpc) is 2.25. The smallest absolute Gasteiger partial charge is 0.120 e. The molecule has 0 atom stereocenters. The van der Waals surface area contributed by atoms with Crippen LogP contribution in [0, 0.1) is 0 Å². The Morgan fingerprint density at radius 1 is 0.810 bits per heavy atom. The van der Waals surface area contributed by atoms with Crippen LogP contribution in [0.2, 0.25) is 0 Å². The van der Waals surface area contributed by atoms with Gasteiger partial charge in [-0.15, -0.1) is 0 Å². The van der Waals surface area contributed by atoms with Crippen molar-refractivity contribution in [2.45, 2.75) is 71.8 Å². The van der Waals surface area contributed by atoms with Gasteiger partial charge >= 0.3 is 0 Å². The third-order valence-corrected chi connectivity index (χ3v) is 3.64. The van der Waals surface area contributed by atoms with Gasteiger partial charge in [0.2, 0.25) is 0 Å². The van der Waals surface area contributed by atoms with E-state index in [2.05, 4.69) is 78.9 Å². The Morgan fingerprint density at radius 3 is 1.57 bits per heavy atom. The minimum atomic E-state index is -0.222. The molecule has 0 fully saturated rings. The van der Waals surface area contributed by atoms with Crippen molar-refractivity contribution < 1.29 is 4.74 Å². The summed E-state index contributed by atoms with van der Waals surface area (Å²) in [5, 5.41) is 3.19. The Kier molecular flexibility index (Phi) is 5.15. The van der Waals surface area contributed by atoms with Crippen LogP contribution >= 0.6 is 0 Å². The molecule has 1 rings (SSSR count). The van der Waals surface area contributed by atoms with Crippen molar-refractivity contribution in [3.05, 3.63) is 29.3 Å². The maximum Gasteiger partial charge on any atom is 0.120 e. The number of benzene rings is 1. The molecule has 0 bridgehead atoms. The molecule has 0 aliphatic carbocycles. The molecule has 0 radical (unpaired) electrons. The summed E-state index contributed by atoms with van der Waals surface area (Å²) in [5.74, 6) is 0.965. The molecule has 120 valence electrons. The zero-order valence-corrected chi connectivity index (χ0v) is 15.3. The van der Waals surface area contributed by atoms with Crippen LogP contribution < -0.4 is 10.1 Å². The summed E-state index contributed by atoms with van der Waals surface area (Å²) in [6.07, 6.45) is 0. The summed E-state index contributed by atoms with van der Waals surface area (Å²) in [6.45, 7) is 18.5. The fourth-order valence-electron chi connectivity index (χ4n) is 2.30. The third kappa shape index (κ3) is 5.35. The van der Waals surface area contributed by atoms with Crippen molar-refractivity contribution in [3.8, 4) is 5.75 Å². The Labute approximate surface area is 131 Å². The van der Waals surface area contributed by atoms with Crippen molar-refractivity contribution in [1.29, 1.82) is 0 Å². The van der Waals surface area contributed by atoms with E-state index < -0.39 is 0 Å². The monoisotopic (exact) mass is 291 g/mol. The molecule has 0 saturated carbocycles. The summed E-state index contributed by atoms with van der Waals surface area (Å²) in [6, 6.07) is 6.69. The van der Waals surface area contributed by atoms with Crippen molar-refractivity contribution in [3.63, 3.8) is 0 Å². The second kappa shape index (κ2) is 6.00. The zero-order chi connectivity index (χ0) is 16.5. The van der Waals surface area contributed by atoms with E-state index in [1.165, 1.54) is 11.1 Å². The van der Waals surface area contributed by atoms with Gasteiger partial charge in [0, 0.05) is 6.54 Å². The molecule has 0 aromatic heterocycles. The lowest BCUT2D eigenvalue weighted by Crippen LogP contribution is -2.39. The summed E-state index contributed by atoms with van der Waals surface area (Å²) >= 11 is 0. The van der Waals surface area contributed by atoms with Gasteiger partial charge in [0.25, 0.3) is 0 Å². The molecule has 0 unspecified atom stereocenters. The van der Waals surface area contributed by atoms with E-state index in [-0.39, 0.29) is 16.4 Å². The minimum absolute atomic E-state index is 0.118. The molecule has 21 heavy (non-hydrogen) atoms. The summed E-state index contributed by atoms with van der Waals surface area (Å²) in [7, 11) is 1.96. The highest BCUT2D eigenvalue weighted by atomic mass is 16.5. The van der Waals surface area contributed by atoms with Crippen LogP contribution in [-0.2, 0) is 10.8 Å². The lowest BCUT2D eigenvalue weighted by Gasteiger charge is -2.30. The summed E-state index contributed by atoms with van der Waals surface area (Å²) < 4.78 is 6.25. The average molecular weight is 291 g/mol. The fraction of sp³-hybridized carbons (Fsp3) is 0.684. The molecule has 0 saturated heterocycles. The van der Waals surface area contributed by atoms with Crippen molar-refractivity contribution in [2.24, 2.45) is 0 Å². The molecule has 0 amide bonds. The SMILES string of the molecule is CNCC(C)(C)Oc1cc(C(C)(C)C)cc(C(C)(C)C)c1. The standard InChI is InChI=1S/C19H33NO/c1-17(2,3)14-10-15(18(4,5)6)12-16(11-14)21-19(7,8)13-20-9/h10-12,20H,13H2,1-9H3. The lowest BCUT2D eigenvalue weighted by atomic mass is 9.80. The van der Waals surface area contributed by atoms with Crippen LogP contribution in [0.5, 0.6) is 5.75 Å². The Bertz CT molecular complexity index is 443. The van der Waals surface area contributed by atoms with E-state index in [0.717, 1.165) is 12.3 Å². The number of rotatable bonds is 4. The molecule has 0 aliphatic heterocycles. The van der Waals surface area contributed by atoms with Gasteiger partial charge in [-0.05, 0) is 55.0 Å². The molecule has 1 aromatic carbocycles. The van der Waals surface area contributed by atoms with Crippen LogP contribution in [0.15, 0.2) is 18.2 Å². The highest BCUT2D eigenvalue weighted by Crippen LogP contribution is 2.34. The zero-order valence-electron chi connectivity index (χ0n) is 15.3. The summed E-state index contributed by atoms with van der Waals surface area (Å²) in [5.41, 5.74) is 2.66. The van der Waals surface area contributed by atoms with Gasteiger partial charge in [0.05, 0.1) is 0 Å². The highest BCUT2D eigenvalue weighted by molar-refractivity contribution is 5.40. The second-order valence-electron chi connectivity index (χ2n) is 8.64. The molecular weight excluding hydrogens is 258 g/mol. The van der Waals surface area contributed by atoms with Gasteiger partial charge in [0.1, 0.15) is 11.4 Å². The molecule has 0 aliphatic rings. The van der Waals surface area contributed by atoms with Crippen LogP contribution in [-0.4, -0.2) is 19.2 Å². The molecular formula is C19H33NO. The lowest BCUT2D eigenvalue weighted by molar-refractivity contribution is 0.110. The van der Waals surface area contributed by atoms with E-state index >= 15 is 0 Å². The van der Waals surface area contributed by atoms with Gasteiger partial charge < -0.3 is 10.1 Å². The van der Waals surface area contributed by atoms with Crippen LogP contribution in [0.25, 0.3) is 0 Å². The van der Waals surface area contributed by atoms with Crippen molar-refractivity contribution in [2.75, 3.05) is 13.6 Å². The number of likely N-dealkylation sites (N-methyl/N-ethyl adjacent to an activating group) is 1. The first-order valence-electron chi connectivity index (χ1n) is 7.85. The Hall–Kier alpha value is -1.02. The van der Waals surface area contributed by atoms with Crippen molar-refractivity contribution >= 4 is 0 Å². The second-order valence-corrected chi connectivity index (χ2v) is 8.64. The number of nitrogens with one attached hydrogen (secondary N) is 1. The van der Waals surface area contributed by atoms with Crippen LogP contribution in [0.3, 0.4) is 0 Å². The molecule has 0 spiro atoms. The maximum absolute atomic E-state index is 6.25. The molecule has 1 N–H and O–H groups in total. The van der Waals surface area contributed by atoms with Gasteiger partial charge in [0.15, 0.2) is 0 Å². The normalized spacial score (nSPS) is 13.4. The van der Waals surface area contributed by atoms with E-state index in [4.69, 9.17) is 4.74 Å². The fourth-order valence-corrected chi connectivity index (χ4v) is 2.30. The van der Waals surface area contributed by atoms with E-state index in [1.807, 2.05) is 7.05 Å². The van der Waals surface area contributed by atoms with Crippen molar-refractivity contribution in [1.82, 2.24) is 5.32 Å². The van der Waals surface area contributed by atoms with Crippen LogP contribution in [0.1, 0.15) is 66.5 Å². The summed E-state index contributed by atoms with van der Waals surface area (Å²) in [4.78, 5) is 0. The number of hydrogen-bond acceptors (Lipinski definition) is 2. The molecule has 2 heteroatoms. The highest BCUT2D eigenvalue weighted by Gasteiger charge is 2.24. The van der Waals surface area contributed by atoms with Gasteiger partial charge in [-0.2, -0.15) is 0 Å². The predicted octanol–water partition coefficient (Wildman–Crippen LogP) is 4.66. The first-order valence-corrected chi connectivity index (χ1v) is 7.85. The van der Waals surface area contributed by atoms with Gasteiger partial charge in [-0.3, -0.25) is 0 Å². The quantitative estimate of drug-likeness (QED) is 0.871. The maximum atomic E-state index is 6.25. The third-order valence-electron chi connectivity index (χ3n) is 3.64. The van der Waals surface area contributed by atoms with E-state index in [0.29, 0.717) is 0 Å².